The van der Waals surface area contributed by atoms with E-state index in [0.29, 0.717) is 5.92 Å². The van der Waals surface area contributed by atoms with Crippen molar-refractivity contribution in [3.8, 4) is 0 Å². The largest absolute Gasteiger partial charge is 0.481 e. The number of rotatable bonds is 6. The fourth-order valence-electron chi connectivity index (χ4n) is 2.02. The van der Waals surface area contributed by atoms with Gasteiger partial charge in [0.15, 0.2) is 0 Å². The van der Waals surface area contributed by atoms with Crippen LogP contribution in [0.5, 0.6) is 0 Å². The van der Waals surface area contributed by atoms with Gasteiger partial charge >= 0.3 is 5.97 Å². The number of hydrogen-bond acceptors (Lipinski definition) is 1. The number of carbonyl (C=O) groups is 1. The zero-order valence-electron chi connectivity index (χ0n) is 10.0. The maximum Gasteiger partial charge on any atom is 0.306 e. The average molecular weight is 220 g/mol. The van der Waals surface area contributed by atoms with Gasteiger partial charge in [-0.3, -0.25) is 4.79 Å². The van der Waals surface area contributed by atoms with E-state index in [4.69, 9.17) is 5.11 Å². The lowest BCUT2D eigenvalue weighted by molar-refractivity contribution is -0.141. The second-order valence-corrected chi connectivity index (χ2v) is 4.37. The number of carboxylic acid groups (broad SMARTS) is 1. The Labute approximate surface area is 97.3 Å². The van der Waals surface area contributed by atoms with E-state index in [2.05, 4.69) is 19.1 Å². The number of carboxylic acids is 1. The van der Waals surface area contributed by atoms with Crippen molar-refractivity contribution < 1.29 is 9.90 Å². The van der Waals surface area contributed by atoms with E-state index < -0.39 is 5.97 Å². The molecule has 0 aromatic heterocycles. The molecule has 2 atom stereocenters. The summed E-state index contributed by atoms with van der Waals surface area (Å²) in [7, 11) is 0. The summed E-state index contributed by atoms with van der Waals surface area (Å²) in [6.45, 7) is 3.93. The van der Waals surface area contributed by atoms with Crippen LogP contribution in [0.4, 0.5) is 0 Å². The molecule has 2 heteroatoms. The molecule has 0 saturated heterocycles. The van der Waals surface area contributed by atoms with E-state index in [1.807, 2.05) is 18.2 Å². The Morgan fingerprint density at radius 1 is 1.31 bits per heavy atom. The highest BCUT2D eigenvalue weighted by Crippen LogP contribution is 2.28. The molecule has 0 aliphatic heterocycles. The third-order valence-corrected chi connectivity index (χ3v) is 2.97. The molecule has 1 aromatic rings. The molecule has 0 saturated carbocycles. The van der Waals surface area contributed by atoms with E-state index in [1.54, 1.807) is 6.92 Å². The van der Waals surface area contributed by atoms with Crippen LogP contribution in [0.25, 0.3) is 0 Å². The summed E-state index contributed by atoms with van der Waals surface area (Å²) >= 11 is 0. The standard InChI is InChI=1S/C14H20O2/c1-3-7-13(10-11(2)14(15)16)12-8-5-4-6-9-12/h4-6,8-9,11,13H,3,7,10H2,1-2H3,(H,15,16). The fourth-order valence-corrected chi connectivity index (χ4v) is 2.02. The molecule has 0 aliphatic rings. The molecule has 1 aromatic carbocycles. The van der Waals surface area contributed by atoms with Gasteiger partial charge in [0, 0.05) is 0 Å². The van der Waals surface area contributed by atoms with Crippen LogP contribution in [0.1, 0.15) is 44.6 Å². The van der Waals surface area contributed by atoms with E-state index in [1.165, 1.54) is 5.56 Å². The van der Waals surface area contributed by atoms with Crippen molar-refractivity contribution in [3.63, 3.8) is 0 Å². The lowest BCUT2D eigenvalue weighted by Gasteiger charge is -2.18. The minimum atomic E-state index is -0.697. The highest BCUT2D eigenvalue weighted by Gasteiger charge is 2.18. The zero-order valence-corrected chi connectivity index (χ0v) is 10.0. The van der Waals surface area contributed by atoms with Crippen LogP contribution in [0.2, 0.25) is 0 Å². The Morgan fingerprint density at radius 2 is 1.94 bits per heavy atom. The van der Waals surface area contributed by atoms with Crippen molar-refractivity contribution in [2.24, 2.45) is 5.92 Å². The summed E-state index contributed by atoms with van der Waals surface area (Å²) < 4.78 is 0. The maximum absolute atomic E-state index is 10.9. The molecule has 1 N–H and O–H groups in total. The molecule has 0 spiro atoms. The summed E-state index contributed by atoms with van der Waals surface area (Å²) in [5.74, 6) is -0.592. The Balaban J connectivity index is 2.72. The van der Waals surface area contributed by atoms with Gasteiger partial charge in [0.1, 0.15) is 0 Å². The Bertz CT molecular complexity index is 319. The normalized spacial score (nSPS) is 14.4. The number of hydrogen-bond donors (Lipinski definition) is 1. The topological polar surface area (TPSA) is 37.3 Å². The predicted molar refractivity (Wildman–Crippen MR) is 65.5 cm³/mol. The quantitative estimate of drug-likeness (QED) is 0.794. The van der Waals surface area contributed by atoms with Gasteiger partial charge in [0.25, 0.3) is 0 Å². The van der Waals surface area contributed by atoms with E-state index in [9.17, 15) is 4.79 Å². The van der Waals surface area contributed by atoms with Crippen LogP contribution in [0, 0.1) is 5.92 Å². The molecule has 16 heavy (non-hydrogen) atoms. The first-order chi connectivity index (χ1) is 7.65. The van der Waals surface area contributed by atoms with Crippen LogP contribution in [0.3, 0.4) is 0 Å². The molecule has 88 valence electrons. The molecule has 0 fully saturated rings. The first-order valence-corrected chi connectivity index (χ1v) is 5.92. The monoisotopic (exact) mass is 220 g/mol. The fraction of sp³-hybridized carbons (Fsp3) is 0.500. The highest BCUT2D eigenvalue weighted by atomic mass is 16.4. The summed E-state index contributed by atoms with van der Waals surface area (Å²) in [6.07, 6.45) is 2.88. The molecule has 1 rings (SSSR count). The third-order valence-electron chi connectivity index (χ3n) is 2.97. The molecular formula is C14H20O2. The molecule has 0 amide bonds. The second kappa shape index (κ2) is 6.31. The summed E-state index contributed by atoms with van der Waals surface area (Å²) in [5.41, 5.74) is 1.26. The third kappa shape index (κ3) is 3.69. The van der Waals surface area contributed by atoms with Crippen LogP contribution in [0.15, 0.2) is 30.3 Å². The molecule has 0 heterocycles. The summed E-state index contributed by atoms with van der Waals surface area (Å²) in [6, 6.07) is 10.2. The predicted octanol–water partition coefficient (Wildman–Crippen LogP) is 3.68. The van der Waals surface area contributed by atoms with Crippen molar-refractivity contribution >= 4 is 5.97 Å². The average Bonchev–Trinajstić information content (AvgIpc) is 2.29. The van der Waals surface area contributed by atoms with Crippen molar-refractivity contribution in [1.29, 1.82) is 0 Å². The van der Waals surface area contributed by atoms with Gasteiger partial charge in [0.2, 0.25) is 0 Å². The minimum Gasteiger partial charge on any atom is -0.481 e. The van der Waals surface area contributed by atoms with Gasteiger partial charge in [-0.2, -0.15) is 0 Å². The van der Waals surface area contributed by atoms with Gasteiger partial charge in [-0.05, 0) is 24.3 Å². The molecule has 0 aliphatic carbocycles. The Hall–Kier alpha value is -1.31. The first kappa shape index (κ1) is 12.8. The number of benzene rings is 1. The highest BCUT2D eigenvalue weighted by molar-refractivity contribution is 5.69. The van der Waals surface area contributed by atoms with Gasteiger partial charge in [-0.1, -0.05) is 50.6 Å². The van der Waals surface area contributed by atoms with Gasteiger partial charge < -0.3 is 5.11 Å². The Kier molecular flexibility index (Phi) is 5.03. The van der Waals surface area contributed by atoms with Crippen molar-refractivity contribution in [1.82, 2.24) is 0 Å². The molecule has 0 radical (unpaired) electrons. The van der Waals surface area contributed by atoms with Crippen LogP contribution in [-0.2, 0) is 4.79 Å². The number of aliphatic carboxylic acids is 1. The smallest absolute Gasteiger partial charge is 0.306 e. The zero-order chi connectivity index (χ0) is 12.0. The maximum atomic E-state index is 10.9. The van der Waals surface area contributed by atoms with Crippen LogP contribution in [-0.4, -0.2) is 11.1 Å². The Morgan fingerprint density at radius 3 is 2.44 bits per heavy atom. The SMILES string of the molecule is CCCC(CC(C)C(=O)O)c1ccccc1. The van der Waals surface area contributed by atoms with Gasteiger partial charge in [0.05, 0.1) is 5.92 Å². The lowest BCUT2D eigenvalue weighted by atomic mass is 9.86. The van der Waals surface area contributed by atoms with E-state index in [-0.39, 0.29) is 5.92 Å². The van der Waals surface area contributed by atoms with Gasteiger partial charge in [-0.15, -0.1) is 0 Å². The molecular weight excluding hydrogens is 200 g/mol. The van der Waals surface area contributed by atoms with Crippen molar-refractivity contribution in [2.45, 2.75) is 39.0 Å². The lowest BCUT2D eigenvalue weighted by Crippen LogP contribution is -2.13. The van der Waals surface area contributed by atoms with E-state index in [0.717, 1.165) is 19.3 Å². The van der Waals surface area contributed by atoms with Crippen molar-refractivity contribution in [3.05, 3.63) is 35.9 Å². The molecule has 0 bridgehead atoms. The summed E-state index contributed by atoms with van der Waals surface area (Å²) in [5, 5.41) is 8.95. The van der Waals surface area contributed by atoms with Gasteiger partial charge in [-0.25, -0.2) is 0 Å². The molecule has 2 nitrogen and oxygen atoms in total. The first-order valence-electron chi connectivity index (χ1n) is 5.92. The van der Waals surface area contributed by atoms with Crippen molar-refractivity contribution in [2.75, 3.05) is 0 Å². The van der Waals surface area contributed by atoms with Crippen LogP contribution < -0.4 is 0 Å². The molecule has 2 unspecified atom stereocenters. The summed E-state index contributed by atoms with van der Waals surface area (Å²) in [4.78, 5) is 10.9. The second-order valence-electron chi connectivity index (χ2n) is 4.37. The van der Waals surface area contributed by atoms with Crippen LogP contribution >= 0.6 is 0 Å². The minimum absolute atomic E-state index is 0.267. The van der Waals surface area contributed by atoms with E-state index >= 15 is 0 Å².